The molecule has 1 aromatic carbocycles. The van der Waals surface area contributed by atoms with Gasteiger partial charge in [-0.1, -0.05) is 12.1 Å². The van der Waals surface area contributed by atoms with Gasteiger partial charge in [0, 0.05) is 24.0 Å². The zero-order valence-electron chi connectivity index (χ0n) is 11.1. The van der Waals surface area contributed by atoms with Gasteiger partial charge >= 0.3 is 0 Å². The van der Waals surface area contributed by atoms with Crippen molar-refractivity contribution in [3.63, 3.8) is 0 Å². The van der Waals surface area contributed by atoms with Crippen LogP contribution in [0.1, 0.15) is 13.8 Å². The summed E-state index contributed by atoms with van der Waals surface area (Å²) in [4.78, 5) is 12.1. The predicted octanol–water partition coefficient (Wildman–Crippen LogP) is 2.00. The van der Waals surface area contributed by atoms with E-state index in [0.29, 0.717) is 6.54 Å². The van der Waals surface area contributed by atoms with E-state index in [4.69, 9.17) is 5.73 Å². The van der Waals surface area contributed by atoms with Crippen LogP contribution in [0.3, 0.4) is 0 Å². The van der Waals surface area contributed by atoms with Crippen LogP contribution < -0.4 is 11.1 Å². The molecule has 0 saturated carbocycles. The van der Waals surface area contributed by atoms with Crippen LogP contribution in [0, 0.1) is 5.41 Å². The molecule has 100 valence electrons. The second-order valence-electron chi connectivity index (χ2n) is 5.09. The van der Waals surface area contributed by atoms with E-state index in [1.165, 1.54) is 0 Å². The first kappa shape index (κ1) is 13.3. The maximum Gasteiger partial charge on any atom is 0.231 e. The molecule has 2 rings (SSSR count). The predicted molar refractivity (Wildman–Crippen MR) is 75.5 cm³/mol. The monoisotopic (exact) mass is 258 g/mol. The van der Waals surface area contributed by atoms with Gasteiger partial charge in [0.1, 0.15) is 0 Å². The molecule has 1 aromatic heterocycles. The van der Waals surface area contributed by atoms with Crippen molar-refractivity contribution in [2.45, 2.75) is 13.8 Å². The molecule has 0 aliphatic carbocycles. The molecule has 0 radical (unpaired) electrons. The number of amides is 1. The maximum atomic E-state index is 12.1. The van der Waals surface area contributed by atoms with Gasteiger partial charge in [-0.05, 0) is 32.0 Å². The summed E-state index contributed by atoms with van der Waals surface area (Å²) < 4.78 is 0. The van der Waals surface area contributed by atoms with E-state index in [9.17, 15) is 4.79 Å². The van der Waals surface area contributed by atoms with Gasteiger partial charge in [-0.3, -0.25) is 9.89 Å². The Labute approximate surface area is 112 Å². The first-order valence-electron chi connectivity index (χ1n) is 6.14. The molecule has 0 saturated heterocycles. The highest BCUT2D eigenvalue weighted by Crippen LogP contribution is 2.22. The minimum atomic E-state index is -0.579. The van der Waals surface area contributed by atoms with E-state index < -0.39 is 5.41 Å². The molecule has 5 nitrogen and oxygen atoms in total. The van der Waals surface area contributed by atoms with Gasteiger partial charge in [0.25, 0.3) is 0 Å². The number of carbonyl (C=O) groups is 1. The quantitative estimate of drug-likeness (QED) is 0.784. The molecule has 0 aliphatic rings. The number of benzene rings is 1. The highest BCUT2D eigenvalue weighted by molar-refractivity contribution is 5.95. The van der Waals surface area contributed by atoms with Crippen molar-refractivity contribution >= 4 is 11.6 Å². The molecular weight excluding hydrogens is 240 g/mol. The molecule has 0 fully saturated rings. The van der Waals surface area contributed by atoms with Crippen LogP contribution in [0.4, 0.5) is 5.69 Å². The lowest BCUT2D eigenvalue weighted by atomic mass is 9.92. The Morgan fingerprint density at radius 1 is 1.42 bits per heavy atom. The third-order valence-corrected chi connectivity index (χ3v) is 3.06. The van der Waals surface area contributed by atoms with Crippen molar-refractivity contribution in [3.8, 4) is 11.3 Å². The van der Waals surface area contributed by atoms with Gasteiger partial charge in [0.05, 0.1) is 11.1 Å². The van der Waals surface area contributed by atoms with Crippen LogP contribution in [0.15, 0.2) is 36.5 Å². The van der Waals surface area contributed by atoms with E-state index in [1.807, 2.05) is 44.2 Å². The topological polar surface area (TPSA) is 83.8 Å². The van der Waals surface area contributed by atoms with Crippen molar-refractivity contribution < 1.29 is 4.79 Å². The van der Waals surface area contributed by atoms with Gasteiger partial charge in [-0.2, -0.15) is 5.10 Å². The van der Waals surface area contributed by atoms with E-state index in [1.54, 1.807) is 6.20 Å². The largest absolute Gasteiger partial charge is 0.329 e. The Kier molecular flexibility index (Phi) is 3.66. The minimum Gasteiger partial charge on any atom is -0.329 e. The van der Waals surface area contributed by atoms with Crippen molar-refractivity contribution in [2.75, 3.05) is 11.9 Å². The average molecular weight is 258 g/mol. The van der Waals surface area contributed by atoms with Crippen LogP contribution in [-0.4, -0.2) is 22.6 Å². The third kappa shape index (κ3) is 3.00. The fourth-order valence-electron chi connectivity index (χ4n) is 1.57. The van der Waals surface area contributed by atoms with E-state index in [-0.39, 0.29) is 5.91 Å². The van der Waals surface area contributed by atoms with E-state index in [2.05, 4.69) is 15.5 Å². The van der Waals surface area contributed by atoms with Crippen LogP contribution in [0.5, 0.6) is 0 Å². The lowest BCUT2D eigenvalue weighted by Crippen LogP contribution is -2.37. The summed E-state index contributed by atoms with van der Waals surface area (Å²) in [5.41, 5.74) is 7.65. The first-order valence-corrected chi connectivity index (χ1v) is 6.14. The van der Waals surface area contributed by atoms with Gasteiger partial charge in [-0.15, -0.1) is 0 Å². The number of nitrogens with zero attached hydrogens (tertiary/aromatic N) is 1. The summed E-state index contributed by atoms with van der Waals surface area (Å²) in [7, 11) is 0. The molecule has 4 N–H and O–H groups in total. The zero-order valence-corrected chi connectivity index (χ0v) is 11.1. The molecule has 5 heteroatoms. The summed E-state index contributed by atoms with van der Waals surface area (Å²) >= 11 is 0. The summed E-state index contributed by atoms with van der Waals surface area (Å²) in [5.74, 6) is -0.0863. The molecular formula is C14H18N4O. The molecule has 2 aromatic rings. The fourth-order valence-corrected chi connectivity index (χ4v) is 1.57. The van der Waals surface area contributed by atoms with Crippen LogP contribution in [-0.2, 0) is 4.79 Å². The summed E-state index contributed by atoms with van der Waals surface area (Å²) in [6.07, 6.45) is 1.69. The highest BCUT2D eigenvalue weighted by Gasteiger charge is 2.25. The number of aromatic amines is 1. The smallest absolute Gasteiger partial charge is 0.231 e. The maximum absolute atomic E-state index is 12.1. The van der Waals surface area contributed by atoms with E-state index in [0.717, 1.165) is 16.9 Å². The number of rotatable bonds is 4. The Morgan fingerprint density at radius 2 is 2.21 bits per heavy atom. The number of aromatic nitrogens is 2. The number of nitrogens with one attached hydrogen (secondary N) is 2. The lowest BCUT2D eigenvalue weighted by molar-refractivity contribution is -0.123. The second kappa shape index (κ2) is 5.24. The highest BCUT2D eigenvalue weighted by atomic mass is 16.2. The van der Waals surface area contributed by atoms with Crippen LogP contribution in [0.25, 0.3) is 11.3 Å². The number of nitrogens with two attached hydrogens (primary N) is 1. The number of hydrogen-bond donors (Lipinski definition) is 3. The minimum absolute atomic E-state index is 0.0863. The second-order valence-corrected chi connectivity index (χ2v) is 5.09. The van der Waals surface area contributed by atoms with Crippen molar-refractivity contribution in [1.29, 1.82) is 0 Å². The Morgan fingerprint density at radius 3 is 2.84 bits per heavy atom. The number of anilines is 1. The molecule has 0 atom stereocenters. The molecule has 0 spiro atoms. The van der Waals surface area contributed by atoms with Gasteiger partial charge in [0.15, 0.2) is 0 Å². The summed E-state index contributed by atoms with van der Waals surface area (Å²) in [6, 6.07) is 9.48. The number of H-pyrrole nitrogens is 1. The Balaban J connectivity index is 2.19. The molecule has 0 unspecified atom stereocenters. The molecule has 0 aliphatic heterocycles. The molecule has 0 bridgehead atoms. The van der Waals surface area contributed by atoms with E-state index >= 15 is 0 Å². The van der Waals surface area contributed by atoms with Crippen LogP contribution in [0.2, 0.25) is 0 Å². The summed E-state index contributed by atoms with van der Waals surface area (Å²) in [5, 5.41) is 9.69. The zero-order chi connectivity index (χ0) is 13.9. The van der Waals surface area contributed by atoms with Crippen molar-refractivity contribution in [1.82, 2.24) is 10.2 Å². The number of hydrogen-bond acceptors (Lipinski definition) is 3. The summed E-state index contributed by atoms with van der Waals surface area (Å²) in [6.45, 7) is 3.95. The molecule has 19 heavy (non-hydrogen) atoms. The van der Waals surface area contributed by atoms with Crippen molar-refractivity contribution in [3.05, 3.63) is 36.5 Å². The standard InChI is InChI=1S/C14H18N4O/c1-14(2,9-15)13(19)17-11-5-3-4-10(8-11)12-6-7-16-18-12/h3-8H,9,15H2,1-2H3,(H,16,18)(H,17,19). The lowest BCUT2D eigenvalue weighted by Gasteiger charge is -2.21. The number of carbonyl (C=O) groups excluding carboxylic acids is 1. The van der Waals surface area contributed by atoms with Gasteiger partial charge in [-0.25, -0.2) is 0 Å². The van der Waals surface area contributed by atoms with Crippen LogP contribution >= 0.6 is 0 Å². The Bertz CT molecular complexity index is 561. The van der Waals surface area contributed by atoms with Gasteiger partial charge < -0.3 is 11.1 Å². The third-order valence-electron chi connectivity index (χ3n) is 3.06. The SMILES string of the molecule is CC(C)(CN)C(=O)Nc1cccc(-c2ccn[nH]2)c1. The fraction of sp³-hybridized carbons (Fsp3) is 0.286. The van der Waals surface area contributed by atoms with Crippen molar-refractivity contribution in [2.24, 2.45) is 11.1 Å². The Hall–Kier alpha value is -2.14. The first-order chi connectivity index (χ1) is 9.03. The average Bonchev–Trinajstić information content (AvgIpc) is 2.93. The van der Waals surface area contributed by atoms with Gasteiger partial charge in [0.2, 0.25) is 5.91 Å². The molecule has 1 heterocycles. The normalized spacial score (nSPS) is 11.3. The molecule has 1 amide bonds.